The van der Waals surface area contributed by atoms with Crippen molar-refractivity contribution in [3.8, 4) is 5.75 Å². The number of anilines is 1. The van der Waals surface area contributed by atoms with Crippen molar-refractivity contribution in [2.24, 2.45) is 0 Å². The number of hydrogen-bond acceptors (Lipinski definition) is 7. The standard InChI is InChI=1S/C29H36N6O3S/c1-4-27(34-12-14-35(15-13-34)29-28(38-2)19-30-20-32-29)24-18-31-25-11-10-22(17-23(24)25)26(33-39(3,36)37)16-21-8-6-5-7-9-21/h5-11,17-20,26-27,31,33H,4,12-16H2,1-3H3. The van der Waals surface area contributed by atoms with Gasteiger partial charge >= 0.3 is 0 Å². The number of H-pyrrole nitrogens is 1. The van der Waals surface area contributed by atoms with E-state index < -0.39 is 10.0 Å². The van der Waals surface area contributed by atoms with Crippen molar-refractivity contribution in [1.82, 2.24) is 24.6 Å². The summed E-state index contributed by atoms with van der Waals surface area (Å²) in [7, 11) is -1.76. The van der Waals surface area contributed by atoms with E-state index in [2.05, 4.69) is 54.7 Å². The van der Waals surface area contributed by atoms with Crippen LogP contribution in [0.4, 0.5) is 5.82 Å². The molecule has 2 unspecified atom stereocenters. The molecule has 0 saturated carbocycles. The number of sulfonamides is 1. The molecular weight excluding hydrogens is 512 g/mol. The number of nitrogens with one attached hydrogen (secondary N) is 2. The van der Waals surface area contributed by atoms with Gasteiger partial charge in [-0.3, -0.25) is 4.90 Å². The van der Waals surface area contributed by atoms with Gasteiger partial charge in [0.05, 0.1) is 25.6 Å². The van der Waals surface area contributed by atoms with Crippen molar-refractivity contribution in [3.05, 3.63) is 83.9 Å². The van der Waals surface area contributed by atoms with Crippen LogP contribution >= 0.6 is 0 Å². The van der Waals surface area contributed by atoms with Gasteiger partial charge in [0, 0.05) is 49.3 Å². The molecule has 0 bridgehead atoms. The number of piperazine rings is 1. The molecule has 0 radical (unpaired) electrons. The molecule has 4 aromatic rings. The molecule has 9 nitrogen and oxygen atoms in total. The molecule has 0 amide bonds. The number of aromatic amines is 1. The predicted molar refractivity (Wildman–Crippen MR) is 155 cm³/mol. The van der Waals surface area contributed by atoms with Crippen LogP contribution in [0.25, 0.3) is 10.9 Å². The van der Waals surface area contributed by atoms with Crippen LogP contribution in [0.15, 0.2) is 67.3 Å². The van der Waals surface area contributed by atoms with E-state index in [0.29, 0.717) is 12.2 Å². The zero-order valence-corrected chi connectivity index (χ0v) is 23.5. The molecule has 1 fully saturated rings. The van der Waals surface area contributed by atoms with Crippen LogP contribution in [0.1, 0.15) is 42.1 Å². The lowest BCUT2D eigenvalue weighted by Gasteiger charge is -2.39. The SMILES string of the molecule is CCC(c1c[nH]c2ccc(C(Cc3ccccc3)NS(C)(=O)=O)cc12)N1CCN(c2ncncc2OC)CC1. The fourth-order valence-corrected chi connectivity index (χ4v) is 6.34. The number of nitrogens with zero attached hydrogens (tertiary/aromatic N) is 4. The quantitative estimate of drug-likeness (QED) is 0.308. The Morgan fingerprint density at radius 2 is 1.87 bits per heavy atom. The van der Waals surface area contributed by atoms with E-state index >= 15 is 0 Å². The maximum atomic E-state index is 12.3. The molecule has 2 aromatic heterocycles. The van der Waals surface area contributed by atoms with E-state index in [-0.39, 0.29) is 12.1 Å². The summed E-state index contributed by atoms with van der Waals surface area (Å²) >= 11 is 0. The van der Waals surface area contributed by atoms with Gasteiger partial charge in [-0.15, -0.1) is 0 Å². The molecule has 3 heterocycles. The first-order valence-corrected chi connectivity index (χ1v) is 15.2. The maximum Gasteiger partial charge on any atom is 0.209 e. The third kappa shape index (κ3) is 6.24. The summed E-state index contributed by atoms with van der Waals surface area (Å²) < 4.78 is 32.9. The molecule has 5 rings (SSSR count). The lowest BCUT2D eigenvalue weighted by molar-refractivity contribution is 0.181. The third-order valence-electron chi connectivity index (χ3n) is 7.46. The molecule has 1 aliphatic heterocycles. The smallest absolute Gasteiger partial charge is 0.209 e. The van der Waals surface area contributed by atoms with Gasteiger partial charge in [-0.1, -0.05) is 43.3 Å². The van der Waals surface area contributed by atoms with Gasteiger partial charge in [0.1, 0.15) is 6.33 Å². The first-order valence-electron chi connectivity index (χ1n) is 13.3. The summed E-state index contributed by atoms with van der Waals surface area (Å²) in [5.41, 5.74) is 4.32. The Morgan fingerprint density at radius 3 is 2.56 bits per heavy atom. The maximum absolute atomic E-state index is 12.3. The zero-order chi connectivity index (χ0) is 27.4. The molecule has 0 spiro atoms. The molecule has 10 heteroatoms. The zero-order valence-electron chi connectivity index (χ0n) is 22.7. The molecule has 1 aliphatic rings. The first kappa shape index (κ1) is 27.1. The molecule has 206 valence electrons. The molecule has 39 heavy (non-hydrogen) atoms. The summed E-state index contributed by atoms with van der Waals surface area (Å²) in [4.78, 5) is 16.8. The number of ether oxygens (including phenoxy) is 1. The summed E-state index contributed by atoms with van der Waals surface area (Å²) in [5.74, 6) is 1.52. The minimum Gasteiger partial charge on any atom is -0.491 e. The van der Waals surface area contributed by atoms with Crippen molar-refractivity contribution in [1.29, 1.82) is 0 Å². The van der Waals surface area contributed by atoms with E-state index in [1.807, 2.05) is 36.4 Å². The number of fused-ring (bicyclic) bond motifs is 1. The van der Waals surface area contributed by atoms with E-state index in [4.69, 9.17) is 4.74 Å². The fourth-order valence-electron chi connectivity index (χ4n) is 5.60. The lowest BCUT2D eigenvalue weighted by atomic mass is 9.95. The normalized spacial score (nSPS) is 16.3. The summed E-state index contributed by atoms with van der Waals surface area (Å²) in [5, 5.41) is 1.13. The highest BCUT2D eigenvalue weighted by atomic mass is 32.2. The van der Waals surface area contributed by atoms with E-state index in [9.17, 15) is 8.42 Å². The minimum absolute atomic E-state index is 0.235. The highest BCUT2D eigenvalue weighted by molar-refractivity contribution is 7.88. The average molecular weight is 549 g/mol. The van der Waals surface area contributed by atoms with Gasteiger partial charge < -0.3 is 14.6 Å². The summed E-state index contributed by atoms with van der Waals surface area (Å²) in [6.45, 7) is 5.69. The highest BCUT2D eigenvalue weighted by Crippen LogP contribution is 2.34. The van der Waals surface area contributed by atoms with Crippen molar-refractivity contribution >= 4 is 26.7 Å². The molecule has 2 N–H and O–H groups in total. The number of aromatic nitrogens is 3. The van der Waals surface area contributed by atoms with Gasteiger partial charge in [0.25, 0.3) is 0 Å². The van der Waals surface area contributed by atoms with E-state index in [1.54, 1.807) is 19.6 Å². The van der Waals surface area contributed by atoms with Crippen molar-refractivity contribution < 1.29 is 13.2 Å². The monoisotopic (exact) mass is 548 g/mol. The van der Waals surface area contributed by atoms with Gasteiger partial charge in [-0.05, 0) is 41.7 Å². The van der Waals surface area contributed by atoms with Crippen molar-refractivity contribution in [2.45, 2.75) is 31.8 Å². The largest absolute Gasteiger partial charge is 0.491 e. The van der Waals surface area contributed by atoms with Crippen LogP contribution in [-0.4, -0.2) is 67.8 Å². The first-order chi connectivity index (χ1) is 18.9. The highest BCUT2D eigenvalue weighted by Gasteiger charge is 2.28. The Bertz CT molecular complexity index is 1500. The van der Waals surface area contributed by atoms with Gasteiger partial charge in [-0.25, -0.2) is 23.1 Å². The predicted octanol–water partition coefficient (Wildman–Crippen LogP) is 4.07. The second kappa shape index (κ2) is 11.7. The molecule has 2 aromatic carbocycles. The lowest BCUT2D eigenvalue weighted by Crippen LogP contribution is -2.48. The van der Waals surface area contributed by atoms with E-state index in [0.717, 1.165) is 60.4 Å². The van der Waals surface area contributed by atoms with Crippen LogP contribution in [0.5, 0.6) is 5.75 Å². The van der Waals surface area contributed by atoms with E-state index in [1.165, 1.54) is 11.8 Å². The Balaban J connectivity index is 1.40. The second-order valence-electron chi connectivity index (χ2n) is 10.0. The molecular formula is C29H36N6O3S. The molecule has 1 saturated heterocycles. The average Bonchev–Trinajstić information content (AvgIpc) is 3.36. The van der Waals surface area contributed by atoms with Gasteiger partial charge in [0.2, 0.25) is 10.0 Å². The Labute approximate surface area is 230 Å². The third-order valence-corrected chi connectivity index (χ3v) is 8.17. The van der Waals surface area contributed by atoms with Crippen LogP contribution < -0.4 is 14.4 Å². The topological polar surface area (TPSA) is 103 Å². The summed E-state index contributed by atoms with van der Waals surface area (Å²) in [6, 6.07) is 16.1. The van der Waals surface area contributed by atoms with Crippen molar-refractivity contribution in [3.63, 3.8) is 0 Å². The van der Waals surface area contributed by atoms with Crippen LogP contribution in [0.2, 0.25) is 0 Å². The van der Waals surface area contributed by atoms with Crippen LogP contribution in [-0.2, 0) is 16.4 Å². The minimum atomic E-state index is -3.40. The number of rotatable bonds is 10. The Kier molecular flexibility index (Phi) is 8.15. The van der Waals surface area contributed by atoms with Crippen molar-refractivity contribution in [2.75, 3.05) is 44.4 Å². The Hall–Kier alpha value is -3.47. The van der Waals surface area contributed by atoms with Gasteiger partial charge in [0.15, 0.2) is 11.6 Å². The molecule has 2 atom stereocenters. The summed E-state index contributed by atoms with van der Waals surface area (Å²) in [6.07, 6.45) is 8.13. The second-order valence-corrected chi connectivity index (χ2v) is 11.8. The fraction of sp³-hybridized carbons (Fsp3) is 0.379. The number of hydrogen-bond donors (Lipinski definition) is 2. The molecule has 0 aliphatic carbocycles. The number of methoxy groups -OCH3 is 1. The van der Waals surface area contributed by atoms with Gasteiger partial charge in [-0.2, -0.15) is 0 Å². The van der Waals surface area contributed by atoms with Crippen LogP contribution in [0.3, 0.4) is 0 Å². The number of benzene rings is 2. The van der Waals surface area contributed by atoms with Crippen LogP contribution in [0, 0.1) is 0 Å². The Morgan fingerprint density at radius 1 is 1.10 bits per heavy atom.